The Morgan fingerprint density at radius 1 is 1.33 bits per heavy atom. The van der Waals surface area contributed by atoms with Crippen LogP contribution in [0.3, 0.4) is 0 Å². The molecule has 1 aliphatic heterocycles. The minimum atomic E-state index is -0.762. The lowest BCUT2D eigenvalue weighted by Gasteiger charge is -2.35. The fourth-order valence-electron chi connectivity index (χ4n) is 3.28. The third-order valence-corrected chi connectivity index (χ3v) is 4.83. The molecule has 0 aromatic carbocycles. The van der Waals surface area contributed by atoms with Crippen LogP contribution >= 0.6 is 0 Å². The molecule has 4 nitrogen and oxygen atoms in total. The van der Waals surface area contributed by atoms with Gasteiger partial charge in [-0.25, -0.2) is 0 Å². The minimum Gasteiger partial charge on any atom is -0.480 e. The van der Waals surface area contributed by atoms with Crippen LogP contribution in [0.4, 0.5) is 0 Å². The highest BCUT2D eigenvalue weighted by Gasteiger charge is 2.31. The van der Waals surface area contributed by atoms with Gasteiger partial charge in [0, 0.05) is 6.04 Å². The number of hydrogen-bond acceptors (Lipinski definition) is 3. The van der Waals surface area contributed by atoms with Crippen molar-refractivity contribution in [3.05, 3.63) is 0 Å². The van der Waals surface area contributed by atoms with Crippen LogP contribution in [-0.2, 0) is 4.79 Å². The topological polar surface area (TPSA) is 52.6 Å². The van der Waals surface area contributed by atoms with E-state index in [9.17, 15) is 9.90 Å². The van der Waals surface area contributed by atoms with E-state index in [0.29, 0.717) is 6.42 Å². The van der Waals surface area contributed by atoms with Crippen molar-refractivity contribution < 1.29 is 9.90 Å². The number of hydrogen-bond donors (Lipinski definition) is 2. The molecule has 0 spiro atoms. The summed E-state index contributed by atoms with van der Waals surface area (Å²) in [6.07, 6.45) is 9.03. The minimum absolute atomic E-state index is 0.715. The van der Waals surface area contributed by atoms with Crippen molar-refractivity contribution in [2.24, 2.45) is 0 Å². The van der Waals surface area contributed by atoms with Gasteiger partial charge in [-0.3, -0.25) is 4.79 Å². The van der Waals surface area contributed by atoms with Gasteiger partial charge in [-0.05, 0) is 71.5 Å². The van der Waals surface area contributed by atoms with Crippen LogP contribution < -0.4 is 5.32 Å². The van der Waals surface area contributed by atoms with E-state index in [4.69, 9.17) is 0 Å². The van der Waals surface area contributed by atoms with Crippen LogP contribution in [0.1, 0.15) is 72.1 Å². The Labute approximate surface area is 130 Å². The third-order valence-electron chi connectivity index (χ3n) is 4.83. The van der Waals surface area contributed by atoms with Crippen molar-refractivity contribution in [3.8, 4) is 0 Å². The summed E-state index contributed by atoms with van der Waals surface area (Å²) in [5.41, 5.74) is -0.762. The SMILES string of the molecule is CCCNC(C)(CCCCN1CCCCC1CC)C(=O)O. The predicted molar refractivity (Wildman–Crippen MR) is 87.7 cm³/mol. The summed E-state index contributed by atoms with van der Waals surface area (Å²) in [5, 5.41) is 12.6. The number of nitrogens with zero attached hydrogens (tertiary/aromatic N) is 1. The van der Waals surface area contributed by atoms with Gasteiger partial charge < -0.3 is 15.3 Å². The smallest absolute Gasteiger partial charge is 0.323 e. The summed E-state index contributed by atoms with van der Waals surface area (Å²) in [6.45, 7) is 9.29. The number of likely N-dealkylation sites (tertiary alicyclic amines) is 1. The number of piperidine rings is 1. The molecule has 124 valence electrons. The molecule has 0 saturated carbocycles. The van der Waals surface area contributed by atoms with Gasteiger partial charge in [0.25, 0.3) is 0 Å². The summed E-state index contributed by atoms with van der Waals surface area (Å²) < 4.78 is 0. The molecule has 0 bridgehead atoms. The number of carboxylic acids is 1. The zero-order valence-corrected chi connectivity index (χ0v) is 14.2. The van der Waals surface area contributed by atoms with Crippen LogP contribution in [-0.4, -0.2) is 47.2 Å². The van der Waals surface area contributed by atoms with Crippen molar-refractivity contribution in [1.29, 1.82) is 0 Å². The van der Waals surface area contributed by atoms with Gasteiger partial charge in [0.15, 0.2) is 0 Å². The van der Waals surface area contributed by atoms with Gasteiger partial charge in [-0.2, -0.15) is 0 Å². The monoisotopic (exact) mass is 298 g/mol. The van der Waals surface area contributed by atoms with E-state index in [1.54, 1.807) is 0 Å². The van der Waals surface area contributed by atoms with E-state index < -0.39 is 11.5 Å². The highest BCUT2D eigenvalue weighted by Crippen LogP contribution is 2.21. The number of nitrogens with one attached hydrogen (secondary N) is 1. The Balaban J connectivity index is 2.31. The van der Waals surface area contributed by atoms with E-state index in [2.05, 4.69) is 24.1 Å². The summed E-state index contributed by atoms with van der Waals surface area (Å²) in [4.78, 5) is 14.1. The Hall–Kier alpha value is -0.610. The average Bonchev–Trinajstić information content (AvgIpc) is 2.49. The van der Waals surface area contributed by atoms with Crippen molar-refractivity contribution in [2.75, 3.05) is 19.6 Å². The summed E-state index contributed by atoms with van der Waals surface area (Å²) >= 11 is 0. The molecule has 0 aliphatic carbocycles. The Bertz CT molecular complexity index is 309. The Morgan fingerprint density at radius 3 is 2.71 bits per heavy atom. The Kier molecular flexibility index (Phi) is 8.27. The maximum atomic E-state index is 11.4. The van der Waals surface area contributed by atoms with Crippen molar-refractivity contribution in [2.45, 2.75) is 83.7 Å². The van der Waals surface area contributed by atoms with Gasteiger partial charge in [-0.1, -0.05) is 20.3 Å². The van der Waals surface area contributed by atoms with E-state index in [1.807, 2.05) is 6.92 Å². The zero-order chi connectivity index (χ0) is 15.7. The van der Waals surface area contributed by atoms with Crippen molar-refractivity contribution in [3.63, 3.8) is 0 Å². The maximum Gasteiger partial charge on any atom is 0.323 e. The van der Waals surface area contributed by atoms with Gasteiger partial charge in [-0.15, -0.1) is 0 Å². The van der Waals surface area contributed by atoms with E-state index in [0.717, 1.165) is 38.4 Å². The van der Waals surface area contributed by atoms with Crippen LogP contribution in [0.2, 0.25) is 0 Å². The predicted octanol–water partition coefficient (Wildman–Crippen LogP) is 3.26. The molecule has 1 rings (SSSR count). The fraction of sp³-hybridized carbons (Fsp3) is 0.941. The van der Waals surface area contributed by atoms with E-state index in [1.165, 1.54) is 32.2 Å². The Morgan fingerprint density at radius 2 is 2.10 bits per heavy atom. The van der Waals surface area contributed by atoms with Gasteiger partial charge in [0.05, 0.1) is 0 Å². The highest BCUT2D eigenvalue weighted by atomic mass is 16.4. The fourth-order valence-corrected chi connectivity index (χ4v) is 3.28. The van der Waals surface area contributed by atoms with Crippen LogP contribution in [0.15, 0.2) is 0 Å². The molecular formula is C17H34N2O2. The second-order valence-corrected chi connectivity index (χ2v) is 6.61. The number of carboxylic acid groups (broad SMARTS) is 1. The molecule has 1 saturated heterocycles. The molecular weight excluding hydrogens is 264 g/mol. The molecule has 21 heavy (non-hydrogen) atoms. The number of rotatable bonds is 10. The van der Waals surface area contributed by atoms with Crippen LogP contribution in [0.5, 0.6) is 0 Å². The number of unbranched alkanes of at least 4 members (excludes halogenated alkanes) is 1. The van der Waals surface area contributed by atoms with E-state index >= 15 is 0 Å². The first kappa shape index (κ1) is 18.4. The first-order valence-electron chi connectivity index (χ1n) is 8.76. The van der Waals surface area contributed by atoms with E-state index in [-0.39, 0.29) is 0 Å². The molecule has 2 atom stereocenters. The standard InChI is InChI=1S/C17H34N2O2/c1-4-12-18-17(3,16(20)21)11-7-9-14-19-13-8-6-10-15(19)5-2/h15,18H,4-14H2,1-3H3,(H,20,21). The largest absolute Gasteiger partial charge is 0.480 e. The molecule has 2 unspecified atom stereocenters. The van der Waals surface area contributed by atoms with Gasteiger partial charge in [0.1, 0.15) is 5.54 Å². The lowest BCUT2D eigenvalue weighted by Crippen LogP contribution is -2.49. The second-order valence-electron chi connectivity index (χ2n) is 6.61. The maximum absolute atomic E-state index is 11.4. The summed E-state index contributed by atoms with van der Waals surface area (Å²) in [6, 6.07) is 0.753. The lowest BCUT2D eigenvalue weighted by atomic mass is 9.94. The number of aliphatic carboxylic acids is 1. The first-order chi connectivity index (χ1) is 10.0. The third kappa shape index (κ3) is 5.95. The van der Waals surface area contributed by atoms with Crippen molar-refractivity contribution >= 4 is 5.97 Å². The second kappa shape index (κ2) is 9.42. The molecule has 0 aromatic rings. The average molecular weight is 298 g/mol. The van der Waals surface area contributed by atoms with Gasteiger partial charge in [0.2, 0.25) is 0 Å². The molecule has 2 N–H and O–H groups in total. The van der Waals surface area contributed by atoms with Gasteiger partial charge >= 0.3 is 5.97 Å². The summed E-state index contributed by atoms with van der Waals surface area (Å²) in [7, 11) is 0. The highest BCUT2D eigenvalue weighted by molar-refractivity contribution is 5.78. The van der Waals surface area contributed by atoms with Crippen molar-refractivity contribution in [1.82, 2.24) is 10.2 Å². The zero-order valence-electron chi connectivity index (χ0n) is 14.2. The number of carbonyl (C=O) groups is 1. The quantitative estimate of drug-likeness (QED) is 0.608. The molecule has 1 heterocycles. The lowest BCUT2D eigenvalue weighted by molar-refractivity contribution is -0.144. The van der Waals surface area contributed by atoms with Crippen LogP contribution in [0, 0.1) is 0 Å². The molecule has 1 fully saturated rings. The molecule has 0 aromatic heterocycles. The molecule has 4 heteroatoms. The first-order valence-corrected chi connectivity index (χ1v) is 8.76. The molecule has 0 radical (unpaired) electrons. The molecule has 1 aliphatic rings. The molecule has 0 amide bonds. The van der Waals surface area contributed by atoms with Crippen LogP contribution in [0.25, 0.3) is 0 Å². The summed E-state index contributed by atoms with van der Waals surface area (Å²) in [5.74, 6) is -0.722. The normalized spacial score (nSPS) is 22.9.